The van der Waals surface area contributed by atoms with Crippen LogP contribution in [0.1, 0.15) is 33.1 Å². The number of fused-ring (bicyclic) bond motifs is 1. The molecule has 0 aliphatic rings. The van der Waals surface area contributed by atoms with Gasteiger partial charge in [0.2, 0.25) is 5.91 Å². The van der Waals surface area contributed by atoms with Gasteiger partial charge in [0, 0.05) is 12.1 Å². The molecule has 1 unspecified atom stereocenters. The monoisotopic (exact) mass is 305 g/mol. The van der Waals surface area contributed by atoms with Gasteiger partial charge in [-0.1, -0.05) is 13.8 Å². The van der Waals surface area contributed by atoms with Gasteiger partial charge in [0.1, 0.15) is 0 Å². The highest BCUT2D eigenvalue weighted by Crippen LogP contribution is 2.23. The predicted octanol–water partition coefficient (Wildman–Crippen LogP) is 3.64. The van der Waals surface area contributed by atoms with E-state index in [1.807, 2.05) is 23.7 Å². The standard InChI is InChI=1S/C16H23N3OS/c1-11(2)12(7-8-17)3-6-16(20)19-13-4-5-14-15(9-13)21-10-18-14/h4-5,9-12H,3,6-8,17H2,1-2H3,(H,19,20). The first-order valence-corrected chi connectivity index (χ1v) is 8.31. The van der Waals surface area contributed by atoms with Crippen molar-refractivity contribution >= 4 is 33.1 Å². The number of benzene rings is 1. The van der Waals surface area contributed by atoms with Crippen molar-refractivity contribution in [2.45, 2.75) is 33.1 Å². The van der Waals surface area contributed by atoms with Crippen LogP contribution in [0.5, 0.6) is 0 Å². The van der Waals surface area contributed by atoms with Crippen LogP contribution in [0.15, 0.2) is 23.7 Å². The van der Waals surface area contributed by atoms with Gasteiger partial charge < -0.3 is 11.1 Å². The Hall–Kier alpha value is -1.46. The van der Waals surface area contributed by atoms with Crippen LogP contribution in [0, 0.1) is 11.8 Å². The van der Waals surface area contributed by atoms with Gasteiger partial charge in [-0.2, -0.15) is 0 Å². The van der Waals surface area contributed by atoms with E-state index in [1.54, 1.807) is 11.3 Å². The van der Waals surface area contributed by atoms with Gasteiger partial charge in [0.25, 0.3) is 0 Å². The zero-order valence-electron chi connectivity index (χ0n) is 12.6. The van der Waals surface area contributed by atoms with Gasteiger partial charge in [-0.25, -0.2) is 4.98 Å². The Kier molecular flexibility index (Phi) is 5.70. The number of nitrogens with two attached hydrogens (primary N) is 1. The maximum atomic E-state index is 12.1. The first-order chi connectivity index (χ1) is 10.1. The van der Waals surface area contributed by atoms with Crippen LogP contribution < -0.4 is 11.1 Å². The number of aromatic nitrogens is 1. The molecule has 114 valence electrons. The minimum Gasteiger partial charge on any atom is -0.330 e. The Morgan fingerprint density at radius 1 is 1.38 bits per heavy atom. The van der Waals surface area contributed by atoms with E-state index in [0.29, 0.717) is 24.8 Å². The van der Waals surface area contributed by atoms with E-state index < -0.39 is 0 Å². The van der Waals surface area contributed by atoms with Crippen LogP contribution >= 0.6 is 11.3 Å². The number of anilines is 1. The molecule has 21 heavy (non-hydrogen) atoms. The van der Waals surface area contributed by atoms with Gasteiger partial charge in [-0.05, 0) is 49.4 Å². The maximum Gasteiger partial charge on any atom is 0.224 e. The fourth-order valence-electron chi connectivity index (χ4n) is 2.50. The number of hydrogen-bond donors (Lipinski definition) is 2. The number of rotatable bonds is 7. The smallest absolute Gasteiger partial charge is 0.224 e. The fourth-order valence-corrected chi connectivity index (χ4v) is 3.21. The summed E-state index contributed by atoms with van der Waals surface area (Å²) in [5.41, 5.74) is 9.27. The van der Waals surface area contributed by atoms with E-state index in [2.05, 4.69) is 24.1 Å². The van der Waals surface area contributed by atoms with Crippen molar-refractivity contribution in [1.29, 1.82) is 0 Å². The number of hydrogen-bond acceptors (Lipinski definition) is 4. The summed E-state index contributed by atoms with van der Waals surface area (Å²) in [5, 5.41) is 2.97. The van der Waals surface area contributed by atoms with Crippen molar-refractivity contribution in [2.75, 3.05) is 11.9 Å². The van der Waals surface area contributed by atoms with E-state index in [-0.39, 0.29) is 5.91 Å². The van der Waals surface area contributed by atoms with Crippen molar-refractivity contribution in [1.82, 2.24) is 4.98 Å². The van der Waals surface area contributed by atoms with Crippen molar-refractivity contribution in [3.05, 3.63) is 23.7 Å². The van der Waals surface area contributed by atoms with Gasteiger partial charge in [0.15, 0.2) is 0 Å². The van der Waals surface area contributed by atoms with Crippen LogP contribution in [-0.2, 0) is 4.79 Å². The van der Waals surface area contributed by atoms with Crippen LogP contribution in [-0.4, -0.2) is 17.4 Å². The molecular formula is C16H23N3OS. The summed E-state index contributed by atoms with van der Waals surface area (Å²) in [5.74, 6) is 1.15. The number of nitrogens with zero attached hydrogens (tertiary/aromatic N) is 1. The molecule has 5 heteroatoms. The molecule has 0 radical (unpaired) electrons. The normalized spacial score (nSPS) is 12.8. The number of carbonyl (C=O) groups excluding carboxylic acids is 1. The summed E-state index contributed by atoms with van der Waals surface area (Å²) < 4.78 is 1.09. The highest BCUT2D eigenvalue weighted by atomic mass is 32.1. The summed E-state index contributed by atoms with van der Waals surface area (Å²) in [6, 6.07) is 5.82. The Morgan fingerprint density at radius 2 is 2.19 bits per heavy atom. The van der Waals surface area contributed by atoms with E-state index >= 15 is 0 Å². The molecule has 2 aromatic rings. The van der Waals surface area contributed by atoms with Gasteiger partial charge in [0.05, 0.1) is 15.7 Å². The van der Waals surface area contributed by atoms with Crippen molar-refractivity contribution in [3.63, 3.8) is 0 Å². The molecule has 3 N–H and O–H groups in total. The van der Waals surface area contributed by atoms with Crippen molar-refractivity contribution < 1.29 is 4.79 Å². The molecule has 1 aromatic carbocycles. The summed E-state index contributed by atoms with van der Waals surface area (Å²) in [6.45, 7) is 5.07. The molecule has 4 nitrogen and oxygen atoms in total. The zero-order chi connectivity index (χ0) is 15.2. The lowest BCUT2D eigenvalue weighted by atomic mass is 9.88. The van der Waals surface area contributed by atoms with Crippen LogP contribution in [0.4, 0.5) is 5.69 Å². The van der Waals surface area contributed by atoms with Gasteiger partial charge in [-0.3, -0.25) is 4.79 Å². The van der Waals surface area contributed by atoms with Crippen LogP contribution in [0.3, 0.4) is 0 Å². The lowest BCUT2D eigenvalue weighted by Crippen LogP contribution is -2.18. The Balaban J connectivity index is 1.88. The van der Waals surface area contributed by atoms with Crippen molar-refractivity contribution in [3.8, 4) is 0 Å². The van der Waals surface area contributed by atoms with E-state index in [0.717, 1.165) is 28.7 Å². The fraction of sp³-hybridized carbons (Fsp3) is 0.500. The minimum atomic E-state index is 0.0709. The highest BCUT2D eigenvalue weighted by Gasteiger charge is 2.14. The lowest BCUT2D eigenvalue weighted by molar-refractivity contribution is -0.116. The van der Waals surface area contributed by atoms with E-state index in [4.69, 9.17) is 5.73 Å². The average molecular weight is 305 g/mol. The SMILES string of the molecule is CC(C)C(CCN)CCC(=O)Nc1ccc2ncsc2c1. The largest absolute Gasteiger partial charge is 0.330 e. The molecule has 0 spiro atoms. The Bertz CT molecular complexity index is 594. The summed E-state index contributed by atoms with van der Waals surface area (Å²) in [4.78, 5) is 16.3. The molecular weight excluding hydrogens is 282 g/mol. The molecule has 0 aliphatic carbocycles. The lowest BCUT2D eigenvalue weighted by Gasteiger charge is -2.19. The zero-order valence-corrected chi connectivity index (χ0v) is 13.5. The second kappa shape index (κ2) is 7.52. The molecule has 1 amide bonds. The Morgan fingerprint density at radius 3 is 2.90 bits per heavy atom. The number of amides is 1. The summed E-state index contributed by atoms with van der Waals surface area (Å²) in [7, 11) is 0. The van der Waals surface area contributed by atoms with Crippen LogP contribution in [0.25, 0.3) is 10.2 Å². The molecule has 0 fully saturated rings. The Labute approximate surface area is 129 Å². The van der Waals surface area contributed by atoms with Gasteiger partial charge >= 0.3 is 0 Å². The summed E-state index contributed by atoms with van der Waals surface area (Å²) >= 11 is 1.58. The second-order valence-electron chi connectivity index (χ2n) is 5.70. The van der Waals surface area contributed by atoms with Crippen LogP contribution in [0.2, 0.25) is 0 Å². The molecule has 1 aromatic heterocycles. The first kappa shape index (κ1) is 15.9. The topological polar surface area (TPSA) is 68.0 Å². The number of nitrogens with one attached hydrogen (secondary N) is 1. The minimum absolute atomic E-state index is 0.0709. The summed E-state index contributed by atoms with van der Waals surface area (Å²) in [6.07, 6.45) is 2.42. The molecule has 0 saturated heterocycles. The second-order valence-corrected chi connectivity index (χ2v) is 6.59. The third kappa shape index (κ3) is 4.51. The molecule has 0 aliphatic heterocycles. The maximum absolute atomic E-state index is 12.1. The molecule has 0 bridgehead atoms. The first-order valence-electron chi connectivity index (χ1n) is 7.43. The number of carbonyl (C=O) groups is 1. The third-order valence-electron chi connectivity index (χ3n) is 3.84. The third-order valence-corrected chi connectivity index (χ3v) is 4.63. The molecule has 0 saturated carbocycles. The van der Waals surface area contributed by atoms with E-state index in [1.165, 1.54) is 0 Å². The van der Waals surface area contributed by atoms with Crippen molar-refractivity contribution in [2.24, 2.45) is 17.6 Å². The molecule has 1 heterocycles. The number of thiazole rings is 1. The predicted molar refractivity (Wildman–Crippen MR) is 89.5 cm³/mol. The molecule has 1 atom stereocenters. The highest BCUT2D eigenvalue weighted by molar-refractivity contribution is 7.16. The average Bonchev–Trinajstić information content (AvgIpc) is 2.90. The quantitative estimate of drug-likeness (QED) is 0.820. The van der Waals surface area contributed by atoms with E-state index in [9.17, 15) is 4.79 Å². The van der Waals surface area contributed by atoms with Gasteiger partial charge in [-0.15, -0.1) is 11.3 Å². The molecule has 2 rings (SSSR count).